The van der Waals surface area contributed by atoms with E-state index in [1.165, 1.54) is 11.1 Å². The maximum Gasteiger partial charge on any atom is 0.0249 e. The maximum atomic E-state index is 11.3. The number of rotatable bonds is 5. The number of hydrogen-bond acceptors (Lipinski definition) is 2. The van der Waals surface area contributed by atoms with E-state index in [0.29, 0.717) is 12.0 Å². The molecule has 0 unspecified atom stereocenters. The summed E-state index contributed by atoms with van der Waals surface area (Å²) in [6.45, 7) is 5.43. The van der Waals surface area contributed by atoms with Crippen LogP contribution in [0.3, 0.4) is 0 Å². The summed E-state index contributed by atoms with van der Waals surface area (Å²) in [5, 5.41) is 3.58. The second kappa shape index (κ2) is 7.20. The van der Waals surface area contributed by atoms with Gasteiger partial charge in [0, 0.05) is 34.9 Å². The Morgan fingerprint density at radius 3 is 2.32 bits per heavy atom. The van der Waals surface area contributed by atoms with Gasteiger partial charge in [-0.15, -0.1) is 0 Å². The predicted molar refractivity (Wildman–Crippen MR) is 82.7 cm³/mol. The lowest BCUT2D eigenvalue weighted by Crippen LogP contribution is -2.35. The van der Waals surface area contributed by atoms with E-state index in [1.54, 1.807) is 0 Å². The maximum absolute atomic E-state index is 11.3. The van der Waals surface area contributed by atoms with Gasteiger partial charge in [0.25, 0.3) is 0 Å². The average molecular weight is 279 g/mol. The number of hydrogen-bond donors (Lipinski definition) is 1. The molecular formula is C16H25NOS. The van der Waals surface area contributed by atoms with Crippen LogP contribution in [0.2, 0.25) is 0 Å². The van der Waals surface area contributed by atoms with Gasteiger partial charge in [-0.05, 0) is 36.3 Å². The molecule has 0 aromatic heterocycles. The van der Waals surface area contributed by atoms with Crippen molar-refractivity contribution in [1.29, 1.82) is 0 Å². The molecule has 1 aliphatic rings. The van der Waals surface area contributed by atoms with Crippen LogP contribution in [-0.4, -0.2) is 21.8 Å². The van der Waals surface area contributed by atoms with Crippen LogP contribution in [0.25, 0.3) is 0 Å². The molecule has 19 heavy (non-hydrogen) atoms. The molecule has 0 aliphatic carbocycles. The van der Waals surface area contributed by atoms with Gasteiger partial charge in [-0.1, -0.05) is 38.1 Å². The summed E-state index contributed by atoms with van der Waals surface area (Å²) in [6, 6.07) is 9.49. The monoisotopic (exact) mass is 279 g/mol. The van der Waals surface area contributed by atoms with Crippen molar-refractivity contribution in [3.8, 4) is 0 Å². The Balaban J connectivity index is 1.78. The Labute approximate surface area is 119 Å². The highest BCUT2D eigenvalue weighted by Gasteiger charge is 2.16. The third-order valence-electron chi connectivity index (χ3n) is 3.65. The number of benzene rings is 1. The van der Waals surface area contributed by atoms with Gasteiger partial charge in [-0.25, -0.2) is 0 Å². The molecule has 1 aromatic carbocycles. The van der Waals surface area contributed by atoms with Gasteiger partial charge >= 0.3 is 0 Å². The van der Waals surface area contributed by atoms with Crippen molar-refractivity contribution in [1.82, 2.24) is 5.32 Å². The largest absolute Gasteiger partial charge is 0.310 e. The SMILES string of the molecule is CC(C)Cc1ccc(CNC2CCS(=O)CC2)cc1. The minimum Gasteiger partial charge on any atom is -0.310 e. The van der Waals surface area contributed by atoms with Crippen LogP contribution in [0.15, 0.2) is 24.3 Å². The highest BCUT2D eigenvalue weighted by molar-refractivity contribution is 7.85. The Morgan fingerprint density at radius 1 is 1.16 bits per heavy atom. The second-order valence-corrected chi connectivity index (χ2v) is 7.61. The van der Waals surface area contributed by atoms with Crippen molar-refractivity contribution in [3.63, 3.8) is 0 Å². The molecule has 3 heteroatoms. The summed E-state index contributed by atoms with van der Waals surface area (Å²) in [5.41, 5.74) is 2.77. The molecular weight excluding hydrogens is 254 g/mol. The molecule has 106 valence electrons. The van der Waals surface area contributed by atoms with Crippen LogP contribution >= 0.6 is 0 Å². The molecule has 1 N–H and O–H groups in total. The Kier molecular flexibility index (Phi) is 5.59. The van der Waals surface area contributed by atoms with E-state index in [0.717, 1.165) is 37.3 Å². The second-order valence-electron chi connectivity index (χ2n) is 5.92. The topological polar surface area (TPSA) is 29.1 Å². The van der Waals surface area contributed by atoms with Crippen LogP contribution in [0, 0.1) is 5.92 Å². The first-order valence-electron chi connectivity index (χ1n) is 7.29. The lowest BCUT2D eigenvalue weighted by molar-refractivity contribution is 0.475. The highest BCUT2D eigenvalue weighted by Crippen LogP contribution is 2.12. The summed E-state index contributed by atoms with van der Waals surface area (Å²) < 4.78 is 11.3. The Bertz CT molecular complexity index is 403. The van der Waals surface area contributed by atoms with Gasteiger partial charge in [0.15, 0.2) is 0 Å². The molecule has 1 heterocycles. The third kappa shape index (κ3) is 5.07. The minimum absolute atomic E-state index is 0.549. The summed E-state index contributed by atoms with van der Waals surface area (Å²) in [5.74, 6) is 2.45. The Hall–Kier alpha value is -0.670. The molecule has 1 saturated heterocycles. The van der Waals surface area contributed by atoms with Crippen LogP contribution in [0.4, 0.5) is 0 Å². The molecule has 1 fully saturated rings. The molecule has 0 radical (unpaired) electrons. The lowest BCUT2D eigenvalue weighted by Gasteiger charge is -2.22. The zero-order valence-electron chi connectivity index (χ0n) is 12.0. The molecule has 0 bridgehead atoms. The molecule has 0 spiro atoms. The Morgan fingerprint density at radius 2 is 1.74 bits per heavy atom. The zero-order valence-corrected chi connectivity index (χ0v) is 12.8. The van der Waals surface area contributed by atoms with E-state index >= 15 is 0 Å². The summed E-state index contributed by atoms with van der Waals surface area (Å²) in [7, 11) is -0.558. The molecule has 0 saturated carbocycles. The minimum atomic E-state index is -0.558. The summed E-state index contributed by atoms with van der Waals surface area (Å²) in [4.78, 5) is 0. The molecule has 0 amide bonds. The highest BCUT2D eigenvalue weighted by atomic mass is 32.2. The van der Waals surface area contributed by atoms with Crippen LogP contribution in [0.5, 0.6) is 0 Å². The van der Waals surface area contributed by atoms with Crippen molar-refractivity contribution >= 4 is 10.8 Å². The van der Waals surface area contributed by atoms with Crippen LogP contribution < -0.4 is 5.32 Å². The third-order valence-corrected chi connectivity index (χ3v) is 5.03. The quantitative estimate of drug-likeness (QED) is 0.898. The van der Waals surface area contributed by atoms with Gasteiger partial charge in [-0.2, -0.15) is 0 Å². The zero-order chi connectivity index (χ0) is 13.7. The van der Waals surface area contributed by atoms with Crippen molar-refractivity contribution in [2.24, 2.45) is 5.92 Å². The molecule has 1 aliphatic heterocycles. The van der Waals surface area contributed by atoms with Crippen LogP contribution in [-0.2, 0) is 23.8 Å². The lowest BCUT2D eigenvalue weighted by atomic mass is 10.0. The first kappa shape index (κ1) is 14.7. The predicted octanol–water partition coefficient (Wildman–Crippen LogP) is 2.89. The fraction of sp³-hybridized carbons (Fsp3) is 0.625. The molecule has 0 atom stereocenters. The normalized spacial score (nSPS) is 23.7. The first-order chi connectivity index (χ1) is 9.13. The van der Waals surface area contributed by atoms with E-state index in [2.05, 4.69) is 43.4 Å². The van der Waals surface area contributed by atoms with Gasteiger partial charge in [0.05, 0.1) is 0 Å². The van der Waals surface area contributed by atoms with Gasteiger partial charge in [0.2, 0.25) is 0 Å². The van der Waals surface area contributed by atoms with E-state index < -0.39 is 10.8 Å². The van der Waals surface area contributed by atoms with E-state index in [-0.39, 0.29) is 0 Å². The van der Waals surface area contributed by atoms with Gasteiger partial charge in [0.1, 0.15) is 0 Å². The van der Waals surface area contributed by atoms with E-state index in [4.69, 9.17) is 0 Å². The molecule has 1 aromatic rings. The average Bonchev–Trinajstić information content (AvgIpc) is 2.39. The van der Waals surface area contributed by atoms with E-state index in [9.17, 15) is 4.21 Å². The fourth-order valence-corrected chi connectivity index (χ4v) is 3.82. The number of nitrogens with one attached hydrogen (secondary N) is 1. The fourth-order valence-electron chi connectivity index (χ4n) is 2.52. The van der Waals surface area contributed by atoms with Crippen molar-refractivity contribution < 1.29 is 4.21 Å². The van der Waals surface area contributed by atoms with Crippen LogP contribution in [0.1, 0.15) is 37.8 Å². The van der Waals surface area contributed by atoms with Gasteiger partial charge < -0.3 is 5.32 Å². The van der Waals surface area contributed by atoms with Crippen molar-refractivity contribution in [2.75, 3.05) is 11.5 Å². The smallest absolute Gasteiger partial charge is 0.0249 e. The standard InChI is InChI=1S/C16H25NOS/c1-13(2)11-14-3-5-15(6-4-14)12-17-16-7-9-19(18)10-8-16/h3-6,13,16-17H,7-12H2,1-2H3. The molecule has 2 nitrogen and oxygen atoms in total. The summed E-state index contributed by atoms with van der Waals surface area (Å²) in [6.07, 6.45) is 3.26. The summed E-state index contributed by atoms with van der Waals surface area (Å²) >= 11 is 0. The van der Waals surface area contributed by atoms with Crippen molar-refractivity contribution in [3.05, 3.63) is 35.4 Å². The molecule has 2 rings (SSSR count). The van der Waals surface area contributed by atoms with Gasteiger partial charge in [-0.3, -0.25) is 4.21 Å². The van der Waals surface area contributed by atoms with Crippen molar-refractivity contribution in [2.45, 2.75) is 45.7 Å². The first-order valence-corrected chi connectivity index (χ1v) is 8.78. The van der Waals surface area contributed by atoms with E-state index in [1.807, 2.05) is 0 Å².